The lowest BCUT2D eigenvalue weighted by atomic mass is 9.98. The van der Waals surface area contributed by atoms with Crippen LogP contribution in [0.5, 0.6) is 5.75 Å². The molecule has 34 heavy (non-hydrogen) atoms. The second-order valence-corrected chi connectivity index (χ2v) is 8.81. The highest BCUT2D eigenvalue weighted by Gasteiger charge is 2.34. The van der Waals surface area contributed by atoms with E-state index in [1.807, 2.05) is 19.1 Å². The predicted octanol–water partition coefficient (Wildman–Crippen LogP) is 3.03. The molecular formula is C25H33N3O6. The highest BCUT2D eigenvalue weighted by molar-refractivity contribution is 5.99. The van der Waals surface area contributed by atoms with Gasteiger partial charge in [-0.3, -0.25) is 9.59 Å². The molecule has 0 aromatic heterocycles. The maximum atomic E-state index is 13.4. The maximum Gasteiger partial charge on any atom is 0.408 e. The van der Waals surface area contributed by atoms with E-state index in [0.717, 1.165) is 5.56 Å². The molecular weight excluding hydrogens is 438 g/mol. The number of carbonyl (C=O) groups excluding carboxylic acids is 3. The number of likely N-dealkylation sites (N-methyl/N-ethyl adjacent to an activating group) is 1. The van der Waals surface area contributed by atoms with Gasteiger partial charge >= 0.3 is 6.09 Å². The second kappa shape index (κ2) is 11.5. The van der Waals surface area contributed by atoms with Gasteiger partial charge in [-0.2, -0.15) is 0 Å². The number of aliphatic hydroxyl groups is 1. The van der Waals surface area contributed by atoms with E-state index in [9.17, 15) is 19.5 Å². The van der Waals surface area contributed by atoms with Gasteiger partial charge in [0.1, 0.15) is 23.4 Å². The third kappa shape index (κ3) is 7.21. The molecule has 3 amide bonds. The number of nitrogens with zero attached hydrogens (tertiary/aromatic N) is 1. The number of methoxy groups -OCH3 is 1. The first-order chi connectivity index (χ1) is 16.0. The Labute approximate surface area is 200 Å². The van der Waals surface area contributed by atoms with Gasteiger partial charge in [-0.25, -0.2) is 4.79 Å². The Morgan fingerprint density at radius 1 is 1.06 bits per heavy atom. The molecule has 0 aliphatic carbocycles. The largest absolute Gasteiger partial charge is 0.497 e. The number of hydrogen-bond donors (Lipinski definition) is 3. The number of anilines is 1. The highest BCUT2D eigenvalue weighted by atomic mass is 16.6. The minimum absolute atomic E-state index is 0.454. The molecule has 184 valence electrons. The fraction of sp³-hybridized carbons (Fsp3) is 0.400. The number of ether oxygens (including phenoxy) is 2. The maximum absolute atomic E-state index is 13.4. The molecule has 0 spiro atoms. The molecule has 2 aromatic carbocycles. The average molecular weight is 472 g/mol. The molecule has 2 unspecified atom stereocenters. The van der Waals surface area contributed by atoms with Gasteiger partial charge in [-0.1, -0.05) is 24.3 Å². The molecule has 0 heterocycles. The summed E-state index contributed by atoms with van der Waals surface area (Å²) in [5.74, 6) is -0.462. The normalized spacial score (nSPS) is 12.8. The fourth-order valence-corrected chi connectivity index (χ4v) is 3.31. The molecule has 9 heteroatoms. The first-order valence-corrected chi connectivity index (χ1v) is 10.8. The predicted molar refractivity (Wildman–Crippen MR) is 129 cm³/mol. The standard InChI is InChI=1S/C25H33N3O6/c1-16-9-7-8-10-19(16)21(22(30)26-17-11-13-18(33-6)14-12-17)28(5)23(31)20(15-29)27-24(32)34-25(2,3)4/h7-14,20-21,29H,15H2,1-6H3,(H,26,30)(H,27,32). The zero-order valence-corrected chi connectivity index (χ0v) is 20.4. The van der Waals surface area contributed by atoms with Crippen molar-refractivity contribution in [3.63, 3.8) is 0 Å². The molecule has 0 saturated heterocycles. The lowest BCUT2D eigenvalue weighted by molar-refractivity contribution is -0.139. The van der Waals surface area contributed by atoms with Crippen molar-refractivity contribution < 1.29 is 29.0 Å². The van der Waals surface area contributed by atoms with Crippen molar-refractivity contribution in [3.05, 3.63) is 59.7 Å². The van der Waals surface area contributed by atoms with E-state index in [0.29, 0.717) is 17.0 Å². The molecule has 0 bridgehead atoms. The van der Waals surface area contributed by atoms with Gasteiger partial charge in [0.25, 0.3) is 5.91 Å². The molecule has 3 N–H and O–H groups in total. The number of nitrogens with one attached hydrogen (secondary N) is 2. The topological polar surface area (TPSA) is 117 Å². The Morgan fingerprint density at radius 2 is 1.68 bits per heavy atom. The summed E-state index contributed by atoms with van der Waals surface area (Å²) in [6, 6.07) is 11.7. The number of benzene rings is 2. The van der Waals surface area contributed by atoms with Gasteiger partial charge in [-0.15, -0.1) is 0 Å². The molecule has 9 nitrogen and oxygen atoms in total. The lowest BCUT2D eigenvalue weighted by Gasteiger charge is -2.31. The van der Waals surface area contributed by atoms with Crippen LogP contribution in [0.15, 0.2) is 48.5 Å². The van der Waals surface area contributed by atoms with Gasteiger partial charge < -0.3 is 30.1 Å². The van der Waals surface area contributed by atoms with Crippen LogP contribution in [0.25, 0.3) is 0 Å². The molecule has 0 fully saturated rings. The van der Waals surface area contributed by atoms with Crippen molar-refractivity contribution in [1.82, 2.24) is 10.2 Å². The van der Waals surface area contributed by atoms with E-state index >= 15 is 0 Å². The van der Waals surface area contributed by atoms with E-state index < -0.39 is 42.2 Å². The summed E-state index contributed by atoms with van der Waals surface area (Å²) in [4.78, 5) is 40.0. The summed E-state index contributed by atoms with van der Waals surface area (Å²) in [7, 11) is 3.00. The smallest absolute Gasteiger partial charge is 0.408 e. The van der Waals surface area contributed by atoms with E-state index in [2.05, 4.69) is 10.6 Å². The third-order valence-electron chi connectivity index (χ3n) is 5.00. The van der Waals surface area contributed by atoms with Crippen LogP contribution in [0.4, 0.5) is 10.5 Å². The Balaban J connectivity index is 2.31. The van der Waals surface area contributed by atoms with Crippen molar-refractivity contribution in [1.29, 1.82) is 0 Å². The van der Waals surface area contributed by atoms with Crippen LogP contribution in [0, 0.1) is 6.92 Å². The van der Waals surface area contributed by atoms with E-state index in [1.54, 1.807) is 64.3 Å². The summed E-state index contributed by atoms with van der Waals surface area (Å²) >= 11 is 0. The number of rotatable bonds is 8. The van der Waals surface area contributed by atoms with Crippen LogP contribution in [-0.2, 0) is 14.3 Å². The van der Waals surface area contributed by atoms with Crippen molar-refractivity contribution in [3.8, 4) is 5.75 Å². The molecule has 0 radical (unpaired) electrons. The molecule has 2 aromatic rings. The zero-order chi connectivity index (χ0) is 25.5. The van der Waals surface area contributed by atoms with Crippen LogP contribution >= 0.6 is 0 Å². The van der Waals surface area contributed by atoms with Crippen LogP contribution < -0.4 is 15.4 Å². The molecule has 2 atom stereocenters. The van der Waals surface area contributed by atoms with Crippen molar-refractivity contribution in [2.45, 2.75) is 45.4 Å². The van der Waals surface area contributed by atoms with Crippen molar-refractivity contribution in [2.75, 3.05) is 26.1 Å². The van der Waals surface area contributed by atoms with Crippen molar-refractivity contribution >= 4 is 23.6 Å². The average Bonchev–Trinajstić information content (AvgIpc) is 2.77. The number of amides is 3. The summed E-state index contributed by atoms with van der Waals surface area (Å²) in [6.45, 7) is 6.23. The molecule has 0 saturated carbocycles. The Morgan fingerprint density at radius 3 is 2.21 bits per heavy atom. The summed E-state index contributed by atoms with van der Waals surface area (Å²) in [6.07, 6.45) is -0.844. The summed E-state index contributed by atoms with van der Waals surface area (Å²) in [5, 5.41) is 15.0. The zero-order valence-electron chi connectivity index (χ0n) is 20.4. The number of aliphatic hydroxyl groups excluding tert-OH is 1. The van der Waals surface area contributed by atoms with Crippen molar-refractivity contribution in [2.24, 2.45) is 0 Å². The Bertz CT molecular complexity index is 1000. The van der Waals surface area contributed by atoms with Crippen LogP contribution in [0.1, 0.15) is 37.9 Å². The Kier molecular flexibility index (Phi) is 9.03. The summed E-state index contributed by atoms with van der Waals surface area (Å²) < 4.78 is 10.3. The summed E-state index contributed by atoms with van der Waals surface area (Å²) in [5.41, 5.74) is 1.16. The van der Waals surface area contributed by atoms with Crippen LogP contribution in [-0.4, -0.2) is 60.3 Å². The van der Waals surface area contributed by atoms with E-state index in [1.165, 1.54) is 11.9 Å². The minimum atomic E-state index is -1.29. The van der Waals surface area contributed by atoms with Gasteiger partial charge in [0, 0.05) is 12.7 Å². The first kappa shape index (κ1) is 26.7. The minimum Gasteiger partial charge on any atom is -0.497 e. The second-order valence-electron chi connectivity index (χ2n) is 8.81. The van der Waals surface area contributed by atoms with Gasteiger partial charge in [0.2, 0.25) is 5.91 Å². The van der Waals surface area contributed by atoms with Gasteiger partial charge in [0.15, 0.2) is 0 Å². The van der Waals surface area contributed by atoms with Crippen LogP contribution in [0.2, 0.25) is 0 Å². The quantitative estimate of drug-likeness (QED) is 0.545. The molecule has 0 aliphatic rings. The highest BCUT2D eigenvalue weighted by Crippen LogP contribution is 2.26. The van der Waals surface area contributed by atoms with Gasteiger partial charge in [0.05, 0.1) is 13.7 Å². The van der Waals surface area contributed by atoms with Crippen LogP contribution in [0.3, 0.4) is 0 Å². The SMILES string of the molecule is COc1ccc(NC(=O)C(c2ccccc2C)N(C)C(=O)C(CO)NC(=O)OC(C)(C)C)cc1. The number of aryl methyl sites for hydroxylation is 1. The number of carbonyl (C=O) groups is 3. The van der Waals surface area contributed by atoms with E-state index in [4.69, 9.17) is 9.47 Å². The molecule has 0 aliphatic heterocycles. The first-order valence-electron chi connectivity index (χ1n) is 10.8. The third-order valence-corrected chi connectivity index (χ3v) is 5.00. The number of alkyl carbamates (subject to hydrolysis) is 1. The van der Waals surface area contributed by atoms with E-state index in [-0.39, 0.29) is 0 Å². The Hall–Kier alpha value is -3.59. The fourth-order valence-electron chi connectivity index (χ4n) is 3.31. The molecule has 2 rings (SSSR count). The number of hydrogen-bond acceptors (Lipinski definition) is 6. The van der Waals surface area contributed by atoms with Gasteiger partial charge in [-0.05, 0) is 63.1 Å². The lowest BCUT2D eigenvalue weighted by Crippen LogP contribution is -2.52. The monoisotopic (exact) mass is 471 g/mol.